The lowest BCUT2D eigenvalue weighted by Gasteiger charge is -2.20. The van der Waals surface area contributed by atoms with Crippen LogP contribution < -0.4 is 5.32 Å². The van der Waals surface area contributed by atoms with Gasteiger partial charge in [-0.1, -0.05) is 0 Å². The van der Waals surface area contributed by atoms with Crippen molar-refractivity contribution in [3.8, 4) is 0 Å². The summed E-state index contributed by atoms with van der Waals surface area (Å²) in [6.07, 6.45) is 11.0. The van der Waals surface area contributed by atoms with E-state index in [1.54, 1.807) is 24.7 Å². The molecule has 0 saturated carbocycles. The Morgan fingerprint density at radius 3 is 2.88 bits per heavy atom. The number of carbonyl (C=O) groups is 1. The van der Waals surface area contributed by atoms with E-state index in [1.165, 1.54) is 0 Å². The predicted octanol–water partition coefficient (Wildman–Crippen LogP) is 2.40. The van der Waals surface area contributed by atoms with Crippen molar-refractivity contribution in [2.45, 2.75) is 25.7 Å². The number of aromatic nitrogens is 3. The van der Waals surface area contributed by atoms with E-state index < -0.39 is 0 Å². The summed E-state index contributed by atoms with van der Waals surface area (Å²) < 4.78 is 0. The van der Waals surface area contributed by atoms with E-state index in [9.17, 15) is 4.79 Å². The molecule has 2 aromatic heterocycles. The minimum Gasteiger partial charge on any atom is -0.372 e. The van der Waals surface area contributed by atoms with E-state index in [4.69, 9.17) is 0 Å². The van der Waals surface area contributed by atoms with Crippen LogP contribution in [0.3, 0.4) is 0 Å². The van der Waals surface area contributed by atoms with Gasteiger partial charge in [-0.3, -0.25) is 14.8 Å². The summed E-state index contributed by atoms with van der Waals surface area (Å²) >= 11 is 0. The van der Waals surface area contributed by atoms with Gasteiger partial charge in [-0.15, -0.1) is 0 Å². The Morgan fingerprint density at radius 2 is 2.17 bits per heavy atom. The molecule has 1 fully saturated rings. The molecule has 1 amide bonds. The highest BCUT2D eigenvalue weighted by molar-refractivity contribution is 5.93. The zero-order chi connectivity index (χ0) is 16.8. The molecule has 6 nitrogen and oxygen atoms in total. The molecular weight excluding hydrogens is 302 g/mol. The molecular formula is C18H23N5O. The van der Waals surface area contributed by atoms with Gasteiger partial charge in [0.15, 0.2) is 0 Å². The summed E-state index contributed by atoms with van der Waals surface area (Å²) in [7, 11) is 1.84. The van der Waals surface area contributed by atoms with E-state index in [-0.39, 0.29) is 5.91 Å². The Morgan fingerprint density at radius 1 is 1.25 bits per heavy atom. The number of pyridine rings is 1. The Labute approximate surface area is 142 Å². The highest BCUT2D eigenvalue weighted by Crippen LogP contribution is 2.22. The van der Waals surface area contributed by atoms with Gasteiger partial charge in [0, 0.05) is 32.5 Å². The van der Waals surface area contributed by atoms with Crippen molar-refractivity contribution in [3.05, 3.63) is 48.2 Å². The molecule has 1 N–H and O–H groups in total. The first kappa shape index (κ1) is 16.4. The fourth-order valence-electron chi connectivity index (χ4n) is 3.13. The minimum absolute atomic E-state index is 0.0851. The first-order valence-electron chi connectivity index (χ1n) is 8.44. The van der Waals surface area contributed by atoms with Gasteiger partial charge in [0.1, 0.15) is 5.82 Å². The van der Waals surface area contributed by atoms with Gasteiger partial charge in [0.2, 0.25) is 0 Å². The summed E-state index contributed by atoms with van der Waals surface area (Å²) in [6.45, 7) is 1.61. The molecule has 0 spiro atoms. The van der Waals surface area contributed by atoms with Crippen LogP contribution in [0.1, 0.15) is 35.3 Å². The average molecular weight is 325 g/mol. The van der Waals surface area contributed by atoms with Gasteiger partial charge in [0.05, 0.1) is 23.7 Å². The van der Waals surface area contributed by atoms with Crippen LogP contribution in [0.15, 0.2) is 36.9 Å². The van der Waals surface area contributed by atoms with E-state index >= 15 is 0 Å². The number of amides is 1. The SMILES string of the molecule is CNc1cnc(C[C@@H]2CCCN(C(=O)c3cccnc3)CC2)cn1. The molecule has 1 atom stereocenters. The first-order valence-corrected chi connectivity index (χ1v) is 8.44. The second-order valence-corrected chi connectivity index (χ2v) is 6.18. The predicted molar refractivity (Wildman–Crippen MR) is 92.8 cm³/mol. The van der Waals surface area contributed by atoms with Crippen molar-refractivity contribution < 1.29 is 4.79 Å². The van der Waals surface area contributed by atoms with Crippen LogP contribution >= 0.6 is 0 Å². The van der Waals surface area contributed by atoms with Crippen molar-refractivity contribution >= 4 is 11.7 Å². The zero-order valence-electron chi connectivity index (χ0n) is 14.0. The Kier molecular flexibility index (Phi) is 5.36. The number of nitrogens with zero attached hydrogens (tertiary/aromatic N) is 4. The maximum absolute atomic E-state index is 12.5. The molecule has 1 saturated heterocycles. The lowest BCUT2D eigenvalue weighted by Crippen LogP contribution is -2.32. The van der Waals surface area contributed by atoms with Crippen LogP contribution in [0.5, 0.6) is 0 Å². The minimum atomic E-state index is 0.0851. The van der Waals surface area contributed by atoms with Crippen LogP contribution in [-0.2, 0) is 6.42 Å². The summed E-state index contributed by atoms with van der Waals surface area (Å²) in [6, 6.07) is 3.64. The van der Waals surface area contributed by atoms with Crippen molar-refractivity contribution in [3.63, 3.8) is 0 Å². The molecule has 0 bridgehead atoms. The molecule has 1 aliphatic heterocycles. The van der Waals surface area contributed by atoms with E-state index in [2.05, 4.69) is 20.3 Å². The Bertz CT molecular complexity index is 659. The van der Waals surface area contributed by atoms with E-state index in [1.807, 2.05) is 24.2 Å². The molecule has 1 aliphatic rings. The highest BCUT2D eigenvalue weighted by atomic mass is 16.2. The van der Waals surface area contributed by atoms with Crippen molar-refractivity contribution in [1.82, 2.24) is 19.9 Å². The van der Waals surface area contributed by atoms with Crippen LogP contribution in [0.2, 0.25) is 0 Å². The molecule has 0 aromatic carbocycles. The van der Waals surface area contributed by atoms with Gasteiger partial charge in [-0.25, -0.2) is 4.98 Å². The fraction of sp³-hybridized carbons (Fsp3) is 0.444. The van der Waals surface area contributed by atoms with Crippen molar-refractivity contribution in [2.75, 3.05) is 25.5 Å². The zero-order valence-corrected chi connectivity index (χ0v) is 14.0. The van der Waals surface area contributed by atoms with Gasteiger partial charge < -0.3 is 10.2 Å². The van der Waals surface area contributed by atoms with Gasteiger partial charge in [0.25, 0.3) is 5.91 Å². The van der Waals surface area contributed by atoms with Crippen molar-refractivity contribution in [1.29, 1.82) is 0 Å². The number of nitrogens with one attached hydrogen (secondary N) is 1. The molecule has 2 aromatic rings. The standard InChI is InChI=1S/C18H23N5O/c1-19-17-13-21-16(12-22-17)10-14-4-3-8-23(9-6-14)18(24)15-5-2-7-20-11-15/h2,5,7,11-14H,3-4,6,8-10H2,1H3,(H,19,22)/t14-/m1/s1. The van der Waals surface area contributed by atoms with Gasteiger partial charge in [-0.2, -0.15) is 0 Å². The van der Waals surface area contributed by atoms with E-state index in [0.29, 0.717) is 11.5 Å². The quantitative estimate of drug-likeness (QED) is 0.934. The van der Waals surface area contributed by atoms with Crippen LogP contribution in [0.25, 0.3) is 0 Å². The number of hydrogen-bond acceptors (Lipinski definition) is 5. The molecule has 3 heterocycles. The molecule has 0 unspecified atom stereocenters. The monoisotopic (exact) mass is 325 g/mol. The molecule has 6 heteroatoms. The van der Waals surface area contributed by atoms with Gasteiger partial charge in [-0.05, 0) is 43.7 Å². The molecule has 0 aliphatic carbocycles. The fourth-order valence-corrected chi connectivity index (χ4v) is 3.13. The maximum atomic E-state index is 12.5. The van der Waals surface area contributed by atoms with Crippen molar-refractivity contribution in [2.24, 2.45) is 5.92 Å². The second-order valence-electron chi connectivity index (χ2n) is 6.18. The lowest BCUT2D eigenvalue weighted by molar-refractivity contribution is 0.0759. The normalized spacial score (nSPS) is 18.0. The van der Waals surface area contributed by atoms with Crippen LogP contribution in [0, 0.1) is 5.92 Å². The molecule has 0 radical (unpaired) electrons. The Hall–Kier alpha value is -2.50. The molecule has 24 heavy (non-hydrogen) atoms. The number of anilines is 1. The first-order chi connectivity index (χ1) is 11.8. The lowest BCUT2D eigenvalue weighted by atomic mass is 9.95. The van der Waals surface area contributed by atoms with Crippen LogP contribution in [0.4, 0.5) is 5.82 Å². The second kappa shape index (κ2) is 7.86. The average Bonchev–Trinajstić information content (AvgIpc) is 2.88. The number of likely N-dealkylation sites (tertiary alicyclic amines) is 1. The maximum Gasteiger partial charge on any atom is 0.255 e. The third-order valence-electron chi connectivity index (χ3n) is 4.50. The summed E-state index contributed by atoms with van der Waals surface area (Å²) in [5.41, 5.74) is 1.69. The number of carbonyl (C=O) groups excluding carboxylic acids is 1. The third kappa shape index (κ3) is 4.07. The largest absolute Gasteiger partial charge is 0.372 e. The smallest absolute Gasteiger partial charge is 0.255 e. The van der Waals surface area contributed by atoms with Crippen LogP contribution in [-0.4, -0.2) is 45.9 Å². The molecule has 126 valence electrons. The number of hydrogen-bond donors (Lipinski definition) is 1. The third-order valence-corrected chi connectivity index (χ3v) is 4.50. The van der Waals surface area contributed by atoms with E-state index in [0.717, 1.165) is 50.3 Å². The summed E-state index contributed by atoms with van der Waals surface area (Å²) in [5, 5.41) is 2.98. The van der Waals surface area contributed by atoms with Gasteiger partial charge >= 0.3 is 0 Å². The molecule has 3 rings (SSSR count). The topological polar surface area (TPSA) is 71.0 Å². The summed E-state index contributed by atoms with van der Waals surface area (Å²) in [4.78, 5) is 27.3. The summed E-state index contributed by atoms with van der Waals surface area (Å²) in [5.74, 6) is 1.42. The number of rotatable bonds is 4. The highest BCUT2D eigenvalue weighted by Gasteiger charge is 2.22. The Balaban J connectivity index is 1.57.